The van der Waals surface area contributed by atoms with Gasteiger partial charge in [0.15, 0.2) is 0 Å². The maximum Gasteiger partial charge on any atom is 0.253 e. The Morgan fingerprint density at radius 2 is 1.74 bits per heavy atom. The van der Waals surface area contributed by atoms with Crippen molar-refractivity contribution in [1.82, 2.24) is 9.88 Å². The summed E-state index contributed by atoms with van der Waals surface area (Å²) in [6.07, 6.45) is 1.34. The van der Waals surface area contributed by atoms with Crippen LogP contribution in [0, 0.1) is 26.7 Å². The van der Waals surface area contributed by atoms with E-state index in [1.54, 1.807) is 0 Å². The van der Waals surface area contributed by atoms with Crippen LogP contribution in [0.25, 0.3) is 0 Å². The second kappa shape index (κ2) is 8.21. The summed E-state index contributed by atoms with van der Waals surface area (Å²) in [4.78, 5) is 31.6. The average molecular weight is 430 g/mol. The Hall–Kier alpha value is -2.21. The smallest absolute Gasteiger partial charge is 0.253 e. The fourth-order valence-electron chi connectivity index (χ4n) is 3.56. The number of carbonyl (C=O) groups excluding carboxylic acids is 2. The number of aryl methyl sites for hydroxylation is 3. The standard InChI is InChI=1S/C21H24BrN3O2/c1-13-12-14(2)23-15(3)19(13)24-20(26)16-8-10-25(11-9-16)21(27)17-4-6-18(22)7-5-17/h4-7,12,16H,8-11H2,1-3H3,(H,24,26). The van der Waals surface area contributed by atoms with Crippen LogP contribution in [-0.4, -0.2) is 34.8 Å². The number of benzene rings is 1. The van der Waals surface area contributed by atoms with Crippen molar-refractivity contribution in [3.8, 4) is 0 Å². The molecule has 3 rings (SSSR count). The molecule has 27 heavy (non-hydrogen) atoms. The first-order valence-electron chi connectivity index (χ1n) is 9.15. The number of nitrogens with one attached hydrogen (secondary N) is 1. The highest BCUT2D eigenvalue weighted by Crippen LogP contribution is 2.24. The van der Waals surface area contributed by atoms with E-state index in [0.29, 0.717) is 31.5 Å². The van der Waals surface area contributed by atoms with Crippen molar-refractivity contribution in [2.75, 3.05) is 18.4 Å². The van der Waals surface area contributed by atoms with Gasteiger partial charge in [0.2, 0.25) is 5.91 Å². The molecule has 2 aromatic rings. The lowest BCUT2D eigenvalue weighted by Gasteiger charge is -2.31. The van der Waals surface area contributed by atoms with Gasteiger partial charge in [-0.25, -0.2) is 0 Å². The molecular weight excluding hydrogens is 406 g/mol. The van der Waals surface area contributed by atoms with Crippen molar-refractivity contribution in [2.45, 2.75) is 33.6 Å². The molecule has 0 radical (unpaired) electrons. The molecule has 5 nitrogen and oxygen atoms in total. The predicted octanol–water partition coefficient (Wildman–Crippen LogP) is 4.26. The molecule has 0 spiro atoms. The van der Waals surface area contributed by atoms with Crippen LogP contribution in [0.3, 0.4) is 0 Å². The molecule has 1 aromatic heterocycles. The lowest BCUT2D eigenvalue weighted by molar-refractivity contribution is -0.121. The lowest BCUT2D eigenvalue weighted by Crippen LogP contribution is -2.41. The Balaban J connectivity index is 1.59. The molecule has 0 aliphatic carbocycles. The maximum atomic E-state index is 12.7. The average Bonchev–Trinajstić information content (AvgIpc) is 2.64. The second-order valence-corrected chi connectivity index (χ2v) is 8.02. The topological polar surface area (TPSA) is 62.3 Å². The number of halogens is 1. The third kappa shape index (κ3) is 4.56. The second-order valence-electron chi connectivity index (χ2n) is 7.10. The van der Waals surface area contributed by atoms with E-state index in [0.717, 1.165) is 27.1 Å². The zero-order chi connectivity index (χ0) is 19.6. The number of carbonyl (C=O) groups is 2. The van der Waals surface area contributed by atoms with E-state index < -0.39 is 0 Å². The molecule has 0 saturated carbocycles. The van der Waals surface area contributed by atoms with Crippen LogP contribution in [0.1, 0.15) is 40.2 Å². The molecular formula is C21H24BrN3O2. The molecule has 1 fully saturated rings. The van der Waals surface area contributed by atoms with Crippen LogP contribution in [0.15, 0.2) is 34.8 Å². The van der Waals surface area contributed by atoms with Crippen LogP contribution < -0.4 is 5.32 Å². The summed E-state index contributed by atoms with van der Waals surface area (Å²) < 4.78 is 0.950. The Morgan fingerprint density at radius 1 is 1.11 bits per heavy atom. The summed E-state index contributed by atoms with van der Waals surface area (Å²) in [5.74, 6) is -0.0440. The van der Waals surface area contributed by atoms with Gasteiger partial charge in [0.25, 0.3) is 5.91 Å². The van der Waals surface area contributed by atoms with Crippen molar-refractivity contribution < 1.29 is 9.59 Å². The summed E-state index contributed by atoms with van der Waals surface area (Å²) >= 11 is 3.38. The first-order chi connectivity index (χ1) is 12.8. The van der Waals surface area contributed by atoms with Crippen molar-refractivity contribution in [3.05, 3.63) is 57.3 Å². The van der Waals surface area contributed by atoms with Crippen molar-refractivity contribution >= 4 is 33.4 Å². The number of pyridine rings is 1. The monoisotopic (exact) mass is 429 g/mol. The molecule has 1 aromatic carbocycles. The Labute approximate surface area is 168 Å². The number of anilines is 1. The highest BCUT2D eigenvalue weighted by atomic mass is 79.9. The van der Waals surface area contributed by atoms with Crippen molar-refractivity contribution in [2.24, 2.45) is 5.92 Å². The molecule has 1 aliphatic rings. The van der Waals surface area contributed by atoms with Gasteiger partial charge < -0.3 is 10.2 Å². The molecule has 0 bridgehead atoms. The van der Waals surface area contributed by atoms with E-state index in [2.05, 4.69) is 26.2 Å². The first kappa shape index (κ1) is 19.5. The summed E-state index contributed by atoms with van der Waals surface area (Å²) in [5, 5.41) is 3.05. The lowest BCUT2D eigenvalue weighted by atomic mass is 9.95. The van der Waals surface area contributed by atoms with Crippen LogP contribution in [0.2, 0.25) is 0 Å². The molecule has 0 atom stereocenters. The molecule has 6 heteroatoms. The van der Waals surface area contributed by atoms with Gasteiger partial charge in [-0.05, 0) is 69.5 Å². The first-order valence-corrected chi connectivity index (χ1v) is 9.95. The van der Waals surface area contributed by atoms with Gasteiger partial charge in [-0.3, -0.25) is 14.6 Å². The summed E-state index contributed by atoms with van der Waals surface area (Å²) in [7, 11) is 0. The number of piperidine rings is 1. The number of hydrogen-bond acceptors (Lipinski definition) is 3. The molecule has 142 valence electrons. The minimum absolute atomic E-state index is 0.0163. The third-order valence-corrected chi connectivity index (χ3v) is 5.55. The molecule has 1 saturated heterocycles. The highest BCUT2D eigenvalue weighted by molar-refractivity contribution is 9.10. The maximum absolute atomic E-state index is 12.7. The van der Waals surface area contributed by atoms with Crippen LogP contribution in [-0.2, 0) is 4.79 Å². The summed E-state index contributed by atoms with van der Waals surface area (Å²) in [5.41, 5.74) is 4.29. The zero-order valence-corrected chi connectivity index (χ0v) is 17.5. The largest absolute Gasteiger partial charge is 0.339 e. The van der Waals surface area contributed by atoms with Gasteiger partial charge in [-0.15, -0.1) is 0 Å². The molecule has 2 amide bonds. The van der Waals surface area contributed by atoms with Crippen LogP contribution in [0.5, 0.6) is 0 Å². The van der Waals surface area contributed by atoms with Gasteiger partial charge in [-0.1, -0.05) is 15.9 Å². The van der Waals surface area contributed by atoms with Gasteiger partial charge in [0.1, 0.15) is 0 Å². The van der Waals surface area contributed by atoms with E-state index in [9.17, 15) is 9.59 Å². The number of rotatable bonds is 3. The van der Waals surface area contributed by atoms with E-state index >= 15 is 0 Å². The fraction of sp³-hybridized carbons (Fsp3) is 0.381. The minimum Gasteiger partial charge on any atom is -0.339 e. The van der Waals surface area contributed by atoms with E-state index in [-0.39, 0.29) is 17.7 Å². The molecule has 1 N–H and O–H groups in total. The van der Waals surface area contributed by atoms with Crippen LogP contribution >= 0.6 is 15.9 Å². The number of amides is 2. The quantitative estimate of drug-likeness (QED) is 0.792. The number of likely N-dealkylation sites (tertiary alicyclic amines) is 1. The van der Waals surface area contributed by atoms with E-state index in [1.807, 2.05) is 56.0 Å². The normalized spacial score (nSPS) is 14.9. The van der Waals surface area contributed by atoms with E-state index in [1.165, 1.54) is 0 Å². The predicted molar refractivity (Wildman–Crippen MR) is 110 cm³/mol. The number of nitrogens with zero attached hydrogens (tertiary/aromatic N) is 2. The van der Waals surface area contributed by atoms with Gasteiger partial charge in [0.05, 0.1) is 11.4 Å². The Morgan fingerprint density at radius 3 is 2.33 bits per heavy atom. The van der Waals surface area contributed by atoms with Crippen molar-refractivity contribution in [1.29, 1.82) is 0 Å². The third-order valence-electron chi connectivity index (χ3n) is 5.02. The van der Waals surface area contributed by atoms with Gasteiger partial charge >= 0.3 is 0 Å². The van der Waals surface area contributed by atoms with Gasteiger partial charge in [0, 0.05) is 34.7 Å². The highest BCUT2D eigenvalue weighted by Gasteiger charge is 2.28. The summed E-state index contributed by atoms with van der Waals surface area (Å²) in [6, 6.07) is 9.35. The number of hydrogen-bond donors (Lipinski definition) is 1. The minimum atomic E-state index is -0.0842. The summed E-state index contributed by atoms with van der Waals surface area (Å²) in [6.45, 7) is 7.03. The van der Waals surface area contributed by atoms with Crippen molar-refractivity contribution in [3.63, 3.8) is 0 Å². The molecule has 2 heterocycles. The van der Waals surface area contributed by atoms with E-state index in [4.69, 9.17) is 0 Å². The van der Waals surface area contributed by atoms with Crippen LogP contribution in [0.4, 0.5) is 5.69 Å². The Kier molecular flexibility index (Phi) is 5.95. The number of aromatic nitrogens is 1. The Bertz CT molecular complexity index is 833. The molecule has 0 unspecified atom stereocenters. The van der Waals surface area contributed by atoms with Gasteiger partial charge in [-0.2, -0.15) is 0 Å². The zero-order valence-electron chi connectivity index (χ0n) is 15.9. The SMILES string of the molecule is Cc1cc(C)c(NC(=O)C2CCN(C(=O)c3ccc(Br)cc3)CC2)c(C)n1. The molecule has 1 aliphatic heterocycles. The fourth-order valence-corrected chi connectivity index (χ4v) is 3.82.